The lowest BCUT2D eigenvalue weighted by atomic mass is 9.92. The normalized spacial score (nSPS) is 18.4. The summed E-state index contributed by atoms with van der Waals surface area (Å²) in [5, 5.41) is 20.8. The van der Waals surface area contributed by atoms with Gasteiger partial charge in [0.1, 0.15) is 6.61 Å². The Hall–Kier alpha value is -3.05. The minimum absolute atomic E-state index is 0.0718. The monoisotopic (exact) mass is 454 g/mol. The second-order valence-corrected chi connectivity index (χ2v) is 7.29. The molecule has 7 nitrogen and oxygen atoms in total. The zero-order valence-corrected chi connectivity index (χ0v) is 16.7. The smallest absolute Gasteiger partial charge is 0.403 e. The fourth-order valence-electron chi connectivity index (χ4n) is 3.36. The Kier molecular flexibility index (Phi) is 6.56. The molecule has 2 aromatic carbocycles. The van der Waals surface area contributed by atoms with Gasteiger partial charge >= 0.3 is 6.18 Å². The average Bonchev–Trinajstić information content (AvgIpc) is 3.07. The van der Waals surface area contributed by atoms with Gasteiger partial charge in [0.25, 0.3) is 10.9 Å². The first kappa shape index (κ1) is 22.6. The van der Waals surface area contributed by atoms with Gasteiger partial charge in [0, 0.05) is 12.1 Å². The number of rotatable bonds is 6. The summed E-state index contributed by atoms with van der Waals surface area (Å²) < 4.78 is 46.7. The minimum atomic E-state index is -5.10. The lowest BCUT2D eigenvalue weighted by molar-refractivity contribution is -0.384. The molecule has 0 saturated carbocycles. The van der Waals surface area contributed by atoms with Crippen LogP contribution in [0.3, 0.4) is 0 Å². The minimum Gasteiger partial charge on any atom is -0.468 e. The van der Waals surface area contributed by atoms with Crippen LogP contribution in [0.5, 0.6) is 0 Å². The quantitative estimate of drug-likeness (QED) is 0.408. The number of hydrogen-bond donors (Lipinski definition) is 1. The first-order valence-electron chi connectivity index (χ1n) is 9.12. The number of amides is 1. The highest BCUT2D eigenvalue weighted by molar-refractivity contribution is 7.80. The number of ether oxygens (including phenoxy) is 1. The number of halogens is 3. The van der Waals surface area contributed by atoms with Crippen molar-refractivity contribution in [2.45, 2.75) is 24.7 Å². The summed E-state index contributed by atoms with van der Waals surface area (Å²) in [6.07, 6.45) is -7.17. The highest BCUT2D eigenvalue weighted by atomic mass is 32.1. The van der Waals surface area contributed by atoms with Gasteiger partial charge in [-0.25, -0.2) is 0 Å². The number of alkyl halides is 3. The van der Waals surface area contributed by atoms with E-state index in [0.717, 1.165) is 34.7 Å². The Morgan fingerprint density at radius 1 is 1.23 bits per heavy atom. The van der Waals surface area contributed by atoms with Gasteiger partial charge in [0.05, 0.1) is 17.1 Å². The second kappa shape index (κ2) is 8.98. The first-order valence-corrected chi connectivity index (χ1v) is 9.53. The molecule has 31 heavy (non-hydrogen) atoms. The van der Waals surface area contributed by atoms with E-state index >= 15 is 0 Å². The van der Waals surface area contributed by atoms with Gasteiger partial charge in [-0.15, -0.1) is 0 Å². The second-order valence-electron chi connectivity index (χ2n) is 6.94. The molecule has 3 atom stereocenters. The summed E-state index contributed by atoms with van der Waals surface area (Å²) in [5.74, 6) is -4.27. The predicted octanol–water partition coefficient (Wildman–Crippen LogP) is 3.56. The third-order valence-corrected chi connectivity index (χ3v) is 5.21. The molecule has 1 heterocycles. The summed E-state index contributed by atoms with van der Waals surface area (Å²) in [4.78, 5) is 23.8. The number of non-ortho nitro benzene ring substituents is 1. The third kappa shape index (κ3) is 5.00. The number of nitrogens with zero attached hydrogens (tertiary/aromatic N) is 2. The fraction of sp³-hybridized carbons (Fsp3) is 0.300. The molecule has 0 unspecified atom stereocenters. The van der Waals surface area contributed by atoms with Crippen molar-refractivity contribution in [1.29, 1.82) is 0 Å². The Morgan fingerprint density at radius 3 is 2.39 bits per heavy atom. The molecule has 1 amide bonds. The van der Waals surface area contributed by atoms with Gasteiger partial charge in [0.15, 0.2) is 5.92 Å². The maximum atomic E-state index is 13.8. The van der Waals surface area contributed by atoms with E-state index < -0.39 is 40.2 Å². The van der Waals surface area contributed by atoms with Crippen LogP contribution in [0.15, 0.2) is 54.6 Å². The van der Waals surface area contributed by atoms with Gasteiger partial charge < -0.3 is 9.84 Å². The van der Waals surface area contributed by atoms with E-state index in [2.05, 4.69) is 0 Å². The Balaban J connectivity index is 1.89. The molecule has 0 aliphatic carbocycles. The average molecular weight is 454 g/mol. The van der Waals surface area contributed by atoms with E-state index in [4.69, 9.17) is 17.0 Å². The molecule has 1 fully saturated rings. The molecule has 164 valence electrons. The molecule has 1 aliphatic rings. The van der Waals surface area contributed by atoms with Crippen molar-refractivity contribution in [1.82, 2.24) is 4.90 Å². The topological polar surface area (TPSA) is 92.9 Å². The Bertz CT molecular complexity index is 969. The molecule has 1 saturated heterocycles. The summed E-state index contributed by atoms with van der Waals surface area (Å²) in [6.45, 7) is -0.0718. The van der Waals surface area contributed by atoms with Gasteiger partial charge in [-0.2, -0.15) is 13.2 Å². The molecular formula is C20H17F3N2O5S. The maximum Gasteiger partial charge on any atom is 0.403 e. The third-order valence-electron chi connectivity index (χ3n) is 4.89. The van der Waals surface area contributed by atoms with Crippen LogP contribution in [0.2, 0.25) is 0 Å². The molecule has 0 spiro atoms. The van der Waals surface area contributed by atoms with Crippen molar-refractivity contribution in [3.05, 3.63) is 75.8 Å². The van der Waals surface area contributed by atoms with Gasteiger partial charge in [-0.3, -0.25) is 19.8 Å². The molecule has 0 aromatic heterocycles. The molecule has 0 bridgehead atoms. The number of thiocarbonyl (C=S) groups is 1. The van der Waals surface area contributed by atoms with E-state index in [9.17, 15) is 33.2 Å². The lowest BCUT2D eigenvalue weighted by Gasteiger charge is -2.30. The Labute approximate surface area is 180 Å². The standard InChI is InChI=1S/C20H17F3N2O5S/c21-20(22,23)16(17(26)13-6-8-14(9-7-13)25(28)29)18(27)24-15(11-30-19(24)31)10-12-4-2-1-3-5-12/h1-9,15-17,26H,10-11H2/t15-,16-,17-/m0/s1. The largest absolute Gasteiger partial charge is 0.468 e. The van der Waals surface area contributed by atoms with Crippen LogP contribution in [-0.2, 0) is 16.0 Å². The highest BCUT2D eigenvalue weighted by Crippen LogP contribution is 2.39. The van der Waals surface area contributed by atoms with Crippen molar-refractivity contribution >= 4 is 29.0 Å². The number of aliphatic hydroxyl groups is 1. The first-order chi connectivity index (χ1) is 14.6. The lowest BCUT2D eigenvalue weighted by Crippen LogP contribution is -2.49. The molecule has 11 heteroatoms. The number of carbonyl (C=O) groups excluding carboxylic acids is 1. The van der Waals surface area contributed by atoms with E-state index in [1.54, 1.807) is 30.3 Å². The van der Waals surface area contributed by atoms with E-state index in [1.165, 1.54) is 0 Å². The fourth-order valence-corrected chi connectivity index (χ4v) is 3.66. The molecule has 2 aromatic rings. The number of aliphatic hydroxyl groups excluding tert-OH is 1. The molecular weight excluding hydrogens is 437 g/mol. The van der Waals surface area contributed by atoms with Crippen molar-refractivity contribution in [2.24, 2.45) is 5.92 Å². The van der Waals surface area contributed by atoms with E-state index in [-0.39, 0.29) is 24.3 Å². The number of hydrogen-bond acceptors (Lipinski definition) is 6. The van der Waals surface area contributed by atoms with Gasteiger partial charge in [-0.1, -0.05) is 30.3 Å². The van der Waals surface area contributed by atoms with E-state index in [0.29, 0.717) is 0 Å². The Morgan fingerprint density at radius 2 is 1.84 bits per heavy atom. The predicted molar refractivity (Wildman–Crippen MR) is 107 cm³/mol. The summed E-state index contributed by atoms with van der Waals surface area (Å²) >= 11 is 4.96. The van der Waals surface area contributed by atoms with Crippen LogP contribution < -0.4 is 0 Å². The molecule has 1 aliphatic heterocycles. The SMILES string of the molecule is O=C([C@H]([C@@H](O)c1ccc([N+](=O)[O-])cc1)C(F)(F)F)N1C(=S)OC[C@@H]1Cc1ccccc1. The molecule has 0 radical (unpaired) electrons. The van der Waals surface area contributed by atoms with Crippen LogP contribution in [0.1, 0.15) is 17.2 Å². The summed E-state index contributed by atoms with van der Waals surface area (Å²) in [6, 6.07) is 11.9. The molecule has 1 N–H and O–H groups in total. The zero-order valence-electron chi connectivity index (χ0n) is 15.9. The number of nitro groups is 1. The maximum absolute atomic E-state index is 13.8. The zero-order chi connectivity index (χ0) is 22.8. The van der Waals surface area contributed by atoms with Crippen LogP contribution >= 0.6 is 12.2 Å². The van der Waals surface area contributed by atoms with Crippen LogP contribution in [-0.4, -0.2) is 44.8 Å². The van der Waals surface area contributed by atoms with Crippen LogP contribution in [0.25, 0.3) is 0 Å². The summed E-state index contributed by atoms with van der Waals surface area (Å²) in [7, 11) is 0. The number of carbonyl (C=O) groups is 1. The van der Waals surface area contributed by atoms with Crippen LogP contribution in [0, 0.1) is 16.0 Å². The van der Waals surface area contributed by atoms with Gasteiger partial charge in [-0.05, 0) is 41.9 Å². The number of benzene rings is 2. The highest BCUT2D eigenvalue weighted by Gasteiger charge is 2.54. The van der Waals surface area contributed by atoms with Crippen molar-refractivity contribution in [2.75, 3.05) is 6.61 Å². The number of nitro benzene ring substituents is 1. The van der Waals surface area contributed by atoms with Gasteiger partial charge in [0.2, 0.25) is 5.91 Å². The van der Waals surface area contributed by atoms with Crippen LogP contribution in [0.4, 0.5) is 18.9 Å². The van der Waals surface area contributed by atoms with E-state index in [1.807, 2.05) is 0 Å². The van der Waals surface area contributed by atoms with Crippen molar-refractivity contribution in [3.63, 3.8) is 0 Å². The van der Waals surface area contributed by atoms with Crippen molar-refractivity contribution in [3.8, 4) is 0 Å². The summed E-state index contributed by atoms with van der Waals surface area (Å²) in [5.41, 5.74) is 0.132. The molecule has 3 rings (SSSR count). The van der Waals surface area contributed by atoms with Crippen molar-refractivity contribution < 1.29 is 32.7 Å².